The maximum atomic E-state index is 14.0. The Morgan fingerprint density at radius 3 is 2.78 bits per heavy atom. The van der Waals surface area contributed by atoms with Crippen molar-refractivity contribution < 1.29 is 19.1 Å². The number of hydrogen-bond acceptors (Lipinski definition) is 3. The van der Waals surface area contributed by atoms with Gasteiger partial charge in [-0.05, 0) is 54.4 Å². The molecule has 1 atom stereocenters. The summed E-state index contributed by atoms with van der Waals surface area (Å²) < 4.78 is 14.4. The fourth-order valence-electron chi connectivity index (χ4n) is 2.93. The third kappa shape index (κ3) is 4.51. The zero-order chi connectivity index (χ0) is 17.0. The van der Waals surface area contributed by atoms with Crippen LogP contribution in [-0.4, -0.2) is 59.5 Å². The van der Waals surface area contributed by atoms with Crippen LogP contribution in [0.3, 0.4) is 0 Å². The summed E-state index contributed by atoms with van der Waals surface area (Å²) in [5, 5.41) is 8.88. The minimum Gasteiger partial charge on any atom is -0.480 e. The quantitative estimate of drug-likeness (QED) is 0.863. The van der Waals surface area contributed by atoms with Crippen LogP contribution >= 0.6 is 15.9 Å². The van der Waals surface area contributed by atoms with E-state index in [1.807, 2.05) is 0 Å². The molecule has 0 spiro atoms. The second-order valence-electron chi connectivity index (χ2n) is 5.78. The Hall–Kier alpha value is -1.47. The normalized spacial score (nSPS) is 18.8. The first-order chi connectivity index (χ1) is 10.9. The molecule has 2 rings (SSSR count). The molecule has 5 nitrogen and oxygen atoms in total. The van der Waals surface area contributed by atoms with Gasteiger partial charge in [-0.3, -0.25) is 14.5 Å². The molecule has 1 heterocycles. The summed E-state index contributed by atoms with van der Waals surface area (Å²) in [6, 6.07) is 4.60. The molecule has 1 aliphatic heterocycles. The van der Waals surface area contributed by atoms with Crippen LogP contribution in [0.15, 0.2) is 22.7 Å². The summed E-state index contributed by atoms with van der Waals surface area (Å²) in [5.74, 6) is -1.72. The lowest BCUT2D eigenvalue weighted by Crippen LogP contribution is -2.37. The van der Waals surface area contributed by atoms with E-state index in [0.29, 0.717) is 24.0 Å². The van der Waals surface area contributed by atoms with Gasteiger partial charge in [0.05, 0.1) is 12.1 Å². The van der Waals surface area contributed by atoms with E-state index in [4.69, 9.17) is 5.11 Å². The van der Waals surface area contributed by atoms with E-state index in [-0.39, 0.29) is 24.1 Å². The Morgan fingerprint density at radius 1 is 1.39 bits per heavy atom. The van der Waals surface area contributed by atoms with Crippen molar-refractivity contribution in [1.29, 1.82) is 0 Å². The predicted octanol–water partition coefficient (Wildman–Crippen LogP) is 2.60. The molecule has 0 bridgehead atoms. The van der Waals surface area contributed by atoms with Gasteiger partial charge in [-0.2, -0.15) is 0 Å². The minimum absolute atomic E-state index is 0.0164. The second-order valence-corrected chi connectivity index (χ2v) is 6.64. The summed E-state index contributed by atoms with van der Waals surface area (Å²) in [5.41, 5.74) is 0.0600. The molecule has 0 aromatic heterocycles. The Labute approximate surface area is 143 Å². The lowest BCUT2D eigenvalue weighted by Gasteiger charge is -2.25. The van der Waals surface area contributed by atoms with Crippen molar-refractivity contribution >= 4 is 27.8 Å². The molecule has 1 aliphatic rings. The van der Waals surface area contributed by atoms with Gasteiger partial charge in [0.15, 0.2) is 0 Å². The van der Waals surface area contributed by atoms with Gasteiger partial charge in [-0.1, -0.05) is 6.07 Å². The van der Waals surface area contributed by atoms with Gasteiger partial charge < -0.3 is 10.0 Å². The third-order valence-electron chi connectivity index (χ3n) is 4.17. The predicted molar refractivity (Wildman–Crippen MR) is 87.9 cm³/mol. The number of rotatable bonds is 4. The first-order valence-corrected chi connectivity index (χ1v) is 8.34. The van der Waals surface area contributed by atoms with Gasteiger partial charge in [0.25, 0.3) is 5.91 Å². The van der Waals surface area contributed by atoms with Crippen LogP contribution in [0.1, 0.15) is 29.6 Å². The highest BCUT2D eigenvalue weighted by atomic mass is 79.9. The van der Waals surface area contributed by atoms with Crippen molar-refractivity contribution in [2.75, 3.05) is 26.7 Å². The highest BCUT2D eigenvalue weighted by Crippen LogP contribution is 2.23. The number of carboxylic acids is 1. The highest BCUT2D eigenvalue weighted by molar-refractivity contribution is 9.10. The van der Waals surface area contributed by atoms with Crippen molar-refractivity contribution in [3.8, 4) is 0 Å². The van der Waals surface area contributed by atoms with Gasteiger partial charge in [-0.15, -0.1) is 0 Å². The van der Waals surface area contributed by atoms with Gasteiger partial charge in [0.2, 0.25) is 0 Å². The van der Waals surface area contributed by atoms with Crippen LogP contribution < -0.4 is 0 Å². The molecule has 126 valence electrons. The molecule has 1 aromatic rings. The number of likely N-dealkylation sites (N-methyl/N-ethyl adjacent to an activating group) is 1. The van der Waals surface area contributed by atoms with E-state index in [1.54, 1.807) is 29.0 Å². The molecule has 7 heteroatoms. The summed E-state index contributed by atoms with van der Waals surface area (Å²) >= 11 is 3.24. The Kier molecular flexibility index (Phi) is 6.12. The number of carbonyl (C=O) groups is 2. The highest BCUT2D eigenvalue weighted by Gasteiger charge is 2.26. The Morgan fingerprint density at radius 2 is 2.13 bits per heavy atom. The molecular formula is C16H20BrFN2O3. The minimum atomic E-state index is -0.861. The summed E-state index contributed by atoms with van der Waals surface area (Å²) in [6.07, 6.45) is 2.28. The van der Waals surface area contributed by atoms with Crippen LogP contribution in [0.4, 0.5) is 4.39 Å². The molecule has 1 fully saturated rings. The van der Waals surface area contributed by atoms with Crippen LogP contribution in [0.25, 0.3) is 0 Å². The van der Waals surface area contributed by atoms with Crippen LogP contribution in [0.2, 0.25) is 0 Å². The van der Waals surface area contributed by atoms with E-state index in [1.165, 1.54) is 6.07 Å². The average Bonchev–Trinajstić information content (AvgIpc) is 2.72. The molecule has 1 N–H and O–H groups in total. The summed E-state index contributed by atoms with van der Waals surface area (Å²) in [6.45, 7) is 1.03. The standard InChI is InChI=1S/C16H20BrFN2O3/c1-19(10-14(21)22)11-4-3-8-20(9-7-11)16(23)15-12(17)5-2-6-13(15)18/h2,5-6,11H,3-4,7-10H2,1H3,(H,21,22). The molecule has 0 saturated carbocycles. The molecule has 23 heavy (non-hydrogen) atoms. The molecular weight excluding hydrogens is 367 g/mol. The van der Waals surface area contributed by atoms with Gasteiger partial charge in [0, 0.05) is 23.6 Å². The first-order valence-electron chi connectivity index (χ1n) is 7.55. The number of benzene rings is 1. The van der Waals surface area contributed by atoms with Crippen molar-refractivity contribution in [2.45, 2.75) is 25.3 Å². The fraction of sp³-hybridized carbons (Fsp3) is 0.500. The molecule has 0 aliphatic carbocycles. The number of amides is 1. The fourth-order valence-corrected chi connectivity index (χ4v) is 3.44. The van der Waals surface area contributed by atoms with E-state index in [0.717, 1.165) is 12.8 Å². The number of hydrogen-bond donors (Lipinski definition) is 1. The van der Waals surface area contributed by atoms with E-state index in [2.05, 4.69) is 15.9 Å². The lowest BCUT2D eigenvalue weighted by atomic mass is 10.1. The zero-order valence-electron chi connectivity index (χ0n) is 13.0. The van der Waals surface area contributed by atoms with Gasteiger partial charge in [-0.25, -0.2) is 4.39 Å². The summed E-state index contributed by atoms with van der Waals surface area (Å²) in [4.78, 5) is 26.9. The maximum Gasteiger partial charge on any atom is 0.317 e. The smallest absolute Gasteiger partial charge is 0.317 e. The Balaban J connectivity index is 2.05. The number of carboxylic acid groups (broad SMARTS) is 1. The molecule has 1 unspecified atom stereocenters. The number of aliphatic carboxylic acids is 1. The second kappa shape index (κ2) is 7.88. The average molecular weight is 387 g/mol. The van der Waals surface area contributed by atoms with Gasteiger partial charge in [0.1, 0.15) is 5.82 Å². The van der Waals surface area contributed by atoms with Gasteiger partial charge >= 0.3 is 5.97 Å². The van der Waals surface area contributed by atoms with Crippen LogP contribution in [-0.2, 0) is 4.79 Å². The third-order valence-corrected chi connectivity index (χ3v) is 4.83. The monoisotopic (exact) mass is 386 g/mol. The SMILES string of the molecule is CN(CC(=O)O)C1CCCN(C(=O)c2c(F)cccc2Br)CC1. The van der Waals surface area contributed by atoms with E-state index in [9.17, 15) is 14.0 Å². The van der Waals surface area contributed by atoms with Crippen LogP contribution in [0.5, 0.6) is 0 Å². The molecule has 1 amide bonds. The van der Waals surface area contributed by atoms with Crippen LogP contribution in [0, 0.1) is 5.82 Å². The number of likely N-dealkylation sites (tertiary alicyclic amines) is 1. The number of carbonyl (C=O) groups excluding carboxylic acids is 1. The Bertz CT molecular complexity index is 576. The van der Waals surface area contributed by atoms with Crippen molar-refractivity contribution in [1.82, 2.24) is 9.80 Å². The largest absolute Gasteiger partial charge is 0.480 e. The molecule has 1 saturated heterocycles. The summed E-state index contributed by atoms with van der Waals surface area (Å²) in [7, 11) is 1.78. The van der Waals surface area contributed by atoms with E-state index >= 15 is 0 Å². The maximum absolute atomic E-state index is 14.0. The number of nitrogens with zero attached hydrogens (tertiary/aromatic N) is 2. The molecule has 1 aromatic carbocycles. The van der Waals surface area contributed by atoms with Crippen molar-refractivity contribution in [2.24, 2.45) is 0 Å². The van der Waals surface area contributed by atoms with Crippen molar-refractivity contribution in [3.63, 3.8) is 0 Å². The first kappa shape index (κ1) is 17.9. The lowest BCUT2D eigenvalue weighted by molar-refractivity contribution is -0.138. The number of halogens is 2. The van der Waals surface area contributed by atoms with E-state index < -0.39 is 11.8 Å². The molecule has 0 radical (unpaired) electrons. The topological polar surface area (TPSA) is 60.9 Å². The zero-order valence-corrected chi connectivity index (χ0v) is 14.6. The van der Waals surface area contributed by atoms with Crippen molar-refractivity contribution in [3.05, 3.63) is 34.1 Å².